The lowest BCUT2D eigenvalue weighted by molar-refractivity contribution is -0.296. The first kappa shape index (κ1) is 74.8. The van der Waals surface area contributed by atoms with E-state index in [-0.39, 0.29) is 50.9 Å². The molecule has 89 heavy (non-hydrogen) atoms. The zero-order valence-electron chi connectivity index (χ0n) is 49.7. The van der Waals surface area contributed by atoms with Crippen molar-refractivity contribution in [3.05, 3.63) is 69.7 Å². The van der Waals surface area contributed by atoms with E-state index in [1.54, 1.807) is 6.92 Å². The first-order chi connectivity index (χ1) is 41.7. The molecule has 0 amide bonds. The van der Waals surface area contributed by atoms with Crippen LogP contribution in [0.5, 0.6) is 0 Å². The molecule has 0 aromatic carbocycles. The monoisotopic (exact) mass is 1290 g/mol. The molecule has 1 saturated heterocycles. The molecule has 4 aliphatic carbocycles. The third-order valence-electron chi connectivity index (χ3n) is 18.3. The Morgan fingerprint density at radius 2 is 1.01 bits per heavy atom. The van der Waals surface area contributed by atoms with Crippen molar-refractivity contribution in [2.45, 2.75) is 203 Å². The topological polar surface area (TPSA) is 567 Å². The lowest BCUT2D eigenvalue weighted by Gasteiger charge is -2.64. The zero-order valence-corrected chi connectivity index (χ0v) is 49.7. The Morgan fingerprint density at radius 1 is 0.539 bits per heavy atom. The third kappa shape index (κ3) is 16.1. The minimum Gasteiger partial charge on any atom is -0.508 e. The van der Waals surface area contributed by atoms with Crippen LogP contribution in [-0.2, 0) is 38.0 Å². The van der Waals surface area contributed by atoms with Crippen LogP contribution in [0.1, 0.15) is 111 Å². The second-order valence-electron chi connectivity index (χ2n) is 24.0. The van der Waals surface area contributed by atoms with Crippen LogP contribution >= 0.6 is 0 Å². The summed E-state index contributed by atoms with van der Waals surface area (Å²) in [7, 11) is 0. The van der Waals surface area contributed by atoms with Crippen molar-refractivity contribution in [3.63, 3.8) is 0 Å². The maximum atomic E-state index is 14.9. The number of rotatable bonds is 33. The van der Waals surface area contributed by atoms with Crippen molar-refractivity contribution in [3.8, 4) is 0 Å². The van der Waals surface area contributed by atoms with Gasteiger partial charge in [0.25, 0.3) is 25.2 Å². The average Bonchev–Trinajstić information content (AvgIpc) is 1.64. The Balaban J connectivity index is 1.53. The Bertz CT molecular complexity index is 2540. The molecule has 1 spiro atoms. The van der Waals surface area contributed by atoms with E-state index in [1.165, 1.54) is 6.92 Å². The van der Waals surface area contributed by atoms with Crippen LogP contribution in [0.3, 0.4) is 0 Å². The van der Waals surface area contributed by atoms with Crippen molar-refractivity contribution >= 4 is 5.97 Å². The molecule has 32 heteroatoms. The number of carbonyl (C=O) groups excluding carboxylic acids is 1. The van der Waals surface area contributed by atoms with Crippen LogP contribution in [0.4, 0.5) is 0 Å². The molecule has 1 aliphatic heterocycles. The van der Waals surface area contributed by atoms with Gasteiger partial charge in [-0.15, -0.1) is 0 Å². The molecule has 24 N–H and O–H groups in total. The van der Waals surface area contributed by atoms with E-state index in [0.717, 1.165) is 0 Å². The molecule has 21 atom stereocenters. The highest BCUT2D eigenvalue weighted by Gasteiger charge is 2.69. The SMILES string of the molecule is C=C1C[C@@]23CCC4[C@](C)(C(=O)OC(O)/C(OC(O)/C(O)=C(\O)C(O)CCO)=C(\OC(O)/C(O)=C(/O)C(C)CCO)C(O)CCO)CCC[C@@]4(C)[C@@H]2CC[C@]1(OC(O)/C(OC(O)/C(O)=C(/O)C(O)CCO)=C(/OC1OC(CO)C(O)C(O)C1O)C(O)CCO)C3. The zero-order chi connectivity index (χ0) is 66.8. The fourth-order valence-corrected chi connectivity index (χ4v) is 13.5. The fraction of sp³-hybridized carbons (Fsp3) is 0.772. The van der Waals surface area contributed by atoms with Crippen molar-refractivity contribution in [1.29, 1.82) is 0 Å². The summed E-state index contributed by atoms with van der Waals surface area (Å²) < 4.78 is 39.7. The van der Waals surface area contributed by atoms with Crippen molar-refractivity contribution in [1.82, 2.24) is 0 Å². The number of allylic oxidation sites excluding steroid dienone is 1. The van der Waals surface area contributed by atoms with Crippen molar-refractivity contribution < 1.29 is 161 Å². The number of aliphatic hydroxyl groups is 24. The molecule has 0 radical (unpaired) electrons. The van der Waals surface area contributed by atoms with E-state index in [9.17, 15) is 127 Å². The Labute approximate surface area is 511 Å². The number of ether oxygens (including phenoxy) is 7. The molecule has 5 aliphatic rings. The summed E-state index contributed by atoms with van der Waals surface area (Å²) in [6, 6.07) is 0. The van der Waals surface area contributed by atoms with Crippen LogP contribution in [0.15, 0.2) is 69.7 Å². The quantitative estimate of drug-likeness (QED) is 0.0140. The Hall–Kier alpha value is -4.89. The molecule has 2 bridgehead atoms. The van der Waals surface area contributed by atoms with Crippen LogP contribution < -0.4 is 0 Å². The van der Waals surface area contributed by atoms with Gasteiger partial charge in [0.05, 0.1) is 17.6 Å². The molecular weight excluding hydrogens is 1200 g/mol. The Kier molecular flexibility index (Phi) is 26.6. The summed E-state index contributed by atoms with van der Waals surface area (Å²) in [6.45, 7) is 4.71. The van der Waals surface area contributed by atoms with Crippen LogP contribution in [0, 0.1) is 34.0 Å². The van der Waals surface area contributed by atoms with E-state index in [1.807, 2.05) is 6.92 Å². The van der Waals surface area contributed by atoms with E-state index >= 15 is 0 Å². The van der Waals surface area contributed by atoms with Crippen molar-refractivity contribution in [2.24, 2.45) is 34.0 Å². The first-order valence-electron chi connectivity index (χ1n) is 29.3. The molecule has 0 aromatic heterocycles. The summed E-state index contributed by atoms with van der Waals surface area (Å²) in [5.41, 5.74) is -4.10. The van der Waals surface area contributed by atoms with Gasteiger partial charge in [-0.2, -0.15) is 0 Å². The van der Waals surface area contributed by atoms with E-state index < -0.39 is 249 Å². The summed E-state index contributed by atoms with van der Waals surface area (Å²) in [6.07, 6.45) is -32.0. The van der Waals surface area contributed by atoms with Crippen LogP contribution in [0.25, 0.3) is 0 Å². The summed E-state index contributed by atoms with van der Waals surface area (Å²) in [4.78, 5) is 14.9. The van der Waals surface area contributed by atoms with E-state index in [0.29, 0.717) is 24.8 Å². The van der Waals surface area contributed by atoms with E-state index in [2.05, 4.69) is 6.58 Å². The second kappa shape index (κ2) is 31.6. The van der Waals surface area contributed by atoms with E-state index in [4.69, 9.17) is 33.2 Å². The maximum absolute atomic E-state index is 14.9. The number of esters is 1. The minimum absolute atomic E-state index is 0.0596. The molecule has 5 fully saturated rings. The number of carbonyl (C=O) groups is 1. The van der Waals surface area contributed by atoms with Gasteiger partial charge in [-0.25, -0.2) is 0 Å². The van der Waals surface area contributed by atoms with Gasteiger partial charge in [0.2, 0.25) is 29.9 Å². The van der Waals surface area contributed by atoms with Gasteiger partial charge >= 0.3 is 5.97 Å². The van der Waals surface area contributed by atoms with Gasteiger partial charge < -0.3 is 156 Å². The van der Waals surface area contributed by atoms with Crippen LogP contribution in [-0.4, -0.2) is 260 Å². The molecular formula is C57H92O32. The summed E-state index contributed by atoms with van der Waals surface area (Å²) >= 11 is 0. The molecule has 32 nitrogen and oxygen atoms in total. The number of hydrogen-bond donors (Lipinski definition) is 24. The highest BCUT2D eigenvalue weighted by atomic mass is 16.7. The number of aliphatic hydroxyl groups excluding tert-OH is 24. The standard InChI is InChI=1S/C57H92O32/c1-25(8-17-58)34(68)39(73)47(77)84-43(29(66)11-20-61)45(85-48(78)40(74)35(69)27(64)9-18-59)50(80)88-53(82)55(4)14-5-13-54(3)32(55)6-15-56-22-26(2)57(24-56,16-7-33(54)56)89-51(81)46(86-49(79)41(75)36(70)28(65)10-19-60)44(30(67)12-21-62)87-52-42(76)38(72)37(71)31(23-63)83-52/h25,27-33,37-38,42,47-52,58-81H,2,5-24H2,1,3-4H3/b39-34-,40-35+,41-36-,45-43+,46-44-/t25?,27?,28?,29?,30?,31?,32?,33-,37?,38?,42?,47?,48?,49?,50?,51?,52?,54+,55+,56+,57-/m0/s1. The maximum Gasteiger partial charge on any atom is 0.314 e. The molecule has 512 valence electrons. The molecule has 1 heterocycles. The largest absolute Gasteiger partial charge is 0.508 e. The molecule has 16 unspecified atom stereocenters. The second-order valence-corrected chi connectivity index (χ2v) is 24.0. The van der Waals surface area contributed by atoms with Gasteiger partial charge in [-0.3, -0.25) is 4.79 Å². The van der Waals surface area contributed by atoms with Gasteiger partial charge in [-0.1, -0.05) is 26.8 Å². The van der Waals surface area contributed by atoms with Crippen molar-refractivity contribution in [2.75, 3.05) is 39.6 Å². The summed E-state index contributed by atoms with van der Waals surface area (Å²) in [5, 5.41) is 254. The minimum atomic E-state index is -2.84. The highest BCUT2D eigenvalue weighted by molar-refractivity contribution is 5.77. The predicted molar refractivity (Wildman–Crippen MR) is 297 cm³/mol. The lowest BCUT2D eigenvalue weighted by atomic mass is 9.41. The van der Waals surface area contributed by atoms with Crippen LogP contribution in [0.2, 0.25) is 0 Å². The normalized spacial score (nSPS) is 33.5. The summed E-state index contributed by atoms with van der Waals surface area (Å²) in [5.74, 6) is -15.5. The number of hydrogen-bond acceptors (Lipinski definition) is 32. The smallest absolute Gasteiger partial charge is 0.314 e. The molecule has 4 saturated carbocycles. The lowest BCUT2D eigenvalue weighted by Crippen LogP contribution is -2.60. The van der Waals surface area contributed by atoms with Gasteiger partial charge in [-0.05, 0) is 93.0 Å². The molecule has 5 rings (SSSR count). The Morgan fingerprint density at radius 3 is 1.53 bits per heavy atom. The number of fused-ring (bicyclic) bond motifs is 3. The van der Waals surface area contributed by atoms with Gasteiger partial charge in [0, 0.05) is 64.6 Å². The fourth-order valence-electron chi connectivity index (χ4n) is 13.5. The molecule has 0 aromatic rings. The first-order valence-corrected chi connectivity index (χ1v) is 29.3. The van der Waals surface area contributed by atoms with Gasteiger partial charge in [0.15, 0.2) is 34.6 Å². The average molecular weight is 1290 g/mol. The third-order valence-corrected chi connectivity index (χ3v) is 18.3. The van der Waals surface area contributed by atoms with Gasteiger partial charge in [0.1, 0.15) is 54.6 Å². The predicted octanol–water partition coefficient (Wildman–Crippen LogP) is -2.51. The highest BCUT2D eigenvalue weighted by Crippen LogP contribution is 2.73.